The van der Waals surface area contributed by atoms with Gasteiger partial charge in [-0.2, -0.15) is 0 Å². The predicted octanol–water partition coefficient (Wildman–Crippen LogP) is 4.12. The molecule has 2 heterocycles. The van der Waals surface area contributed by atoms with Crippen LogP contribution in [0.1, 0.15) is 18.2 Å². The fraction of sp³-hybridized carbons (Fsp3) is 0.167. The summed E-state index contributed by atoms with van der Waals surface area (Å²) in [5, 5.41) is 0.0557. The van der Waals surface area contributed by atoms with Crippen LogP contribution in [0.15, 0.2) is 53.8 Å². The minimum atomic E-state index is -4.05. The summed E-state index contributed by atoms with van der Waals surface area (Å²) < 4.78 is 33.6. The summed E-state index contributed by atoms with van der Waals surface area (Å²) in [5.41, 5.74) is 1.51. The lowest BCUT2D eigenvalue weighted by atomic mass is 10.3. The average Bonchev–Trinajstić information content (AvgIpc) is 2.69. The van der Waals surface area contributed by atoms with Crippen molar-refractivity contribution in [2.75, 3.05) is 4.72 Å². The average molecular weight is 439 g/mol. The molecule has 0 amide bonds. The van der Waals surface area contributed by atoms with E-state index < -0.39 is 10.0 Å². The van der Waals surface area contributed by atoms with Gasteiger partial charge in [0, 0.05) is 12.4 Å². The Hall–Kier alpha value is -2.42. The van der Waals surface area contributed by atoms with E-state index in [9.17, 15) is 8.42 Å². The summed E-state index contributed by atoms with van der Waals surface area (Å²) in [4.78, 5) is 12.3. The Morgan fingerprint density at radius 1 is 1.14 bits per heavy atom. The molecule has 0 bridgehead atoms. The number of nitrogens with one attached hydrogen (secondary N) is 1. The van der Waals surface area contributed by atoms with Crippen LogP contribution in [0.3, 0.4) is 0 Å². The molecule has 10 heteroatoms. The van der Waals surface area contributed by atoms with Gasteiger partial charge in [-0.3, -0.25) is 9.71 Å². The summed E-state index contributed by atoms with van der Waals surface area (Å²) in [6.07, 6.45) is 5.37. The zero-order chi connectivity index (χ0) is 20.1. The van der Waals surface area contributed by atoms with Gasteiger partial charge in [0.1, 0.15) is 11.5 Å². The molecule has 0 atom stereocenters. The van der Waals surface area contributed by atoms with E-state index in [1.807, 2.05) is 6.92 Å². The summed E-state index contributed by atoms with van der Waals surface area (Å²) in [5.74, 6) is 0.0280. The van der Waals surface area contributed by atoms with Crippen molar-refractivity contribution in [1.29, 1.82) is 0 Å². The molecule has 3 rings (SSSR count). The summed E-state index contributed by atoms with van der Waals surface area (Å²) in [7, 11) is -4.05. The molecule has 0 saturated carbocycles. The third-order valence-corrected chi connectivity index (χ3v) is 6.03. The smallest absolute Gasteiger partial charge is 0.264 e. The highest BCUT2D eigenvalue weighted by atomic mass is 35.5. The van der Waals surface area contributed by atoms with Crippen molar-refractivity contribution >= 4 is 39.0 Å². The van der Waals surface area contributed by atoms with Crippen LogP contribution >= 0.6 is 23.2 Å². The number of pyridine rings is 1. The summed E-state index contributed by atoms with van der Waals surface area (Å²) in [6.45, 7) is 2.09. The van der Waals surface area contributed by atoms with Crippen LogP contribution in [0, 0.1) is 0 Å². The monoisotopic (exact) mass is 438 g/mol. The minimum absolute atomic E-state index is 0.0395. The van der Waals surface area contributed by atoms with E-state index in [1.54, 1.807) is 24.5 Å². The van der Waals surface area contributed by atoms with Crippen LogP contribution in [0.2, 0.25) is 10.0 Å². The molecule has 0 aliphatic heterocycles. The first-order chi connectivity index (χ1) is 13.4. The van der Waals surface area contributed by atoms with Gasteiger partial charge in [0.25, 0.3) is 15.9 Å². The Morgan fingerprint density at radius 3 is 2.61 bits per heavy atom. The maximum absolute atomic E-state index is 12.8. The number of nitrogens with zero attached hydrogens (tertiary/aromatic N) is 3. The number of hydrogen-bond acceptors (Lipinski definition) is 6. The number of ether oxygens (including phenoxy) is 1. The van der Waals surface area contributed by atoms with Crippen molar-refractivity contribution in [2.45, 2.75) is 24.8 Å². The third-order valence-electron chi connectivity index (χ3n) is 3.71. The van der Waals surface area contributed by atoms with E-state index in [0.29, 0.717) is 12.1 Å². The number of hydrogen-bond donors (Lipinski definition) is 1. The van der Waals surface area contributed by atoms with Crippen LogP contribution in [-0.4, -0.2) is 23.4 Å². The van der Waals surface area contributed by atoms with Gasteiger partial charge in [-0.25, -0.2) is 18.4 Å². The molecular weight excluding hydrogens is 423 g/mol. The Bertz CT molecular complexity index is 1080. The van der Waals surface area contributed by atoms with Crippen molar-refractivity contribution < 1.29 is 13.2 Å². The fourth-order valence-corrected chi connectivity index (χ4v) is 4.02. The zero-order valence-corrected chi connectivity index (χ0v) is 17.1. The molecule has 0 unspecified atom stereocenters. The standard InChI is InChI=1S/C18H16Cl2N4O3S/c1-2-13-10-22-17(18(23-13)27-11-12-6-8-21-9-7-12)24-28(25,26)15-5-3-4-14(19)16(15)20/h3-10H,2,11H2,1H3,(H,22,24). The lowest BCUT2D eigenvalue weighted by molar-refractivity contribution is 0.293. The SMILES string of the molecule is CCc1cnc(NS(=O)(=O)c2cccc(Cl)c2Cl)c(OCc2ccncc2)n1. The third kappa shape index (κ3) is 4.70. The number of sulfonamides is 1. The molecule has 0 aliphatic rings. The van der Waals surface area contributed by atoms with Crippen molar-refractivity contribution in [1.82, 2.24) is 15.0 Å². The molecule has 2 aromatic heterocycles. The van der Waals surface area contributed by atoms with Gasteiger partial charge >= 0.3 is 0 Å². The first-order valence-corrected chi connectivity index (χ1v) is 10.5. The molecule has 146 valence electrons. The minimum Gasteiger partial charge on any atom is -0.470 e. The second kappa shape index (κ2) is 8.72. The Balaban J connectivity index is 1.91. The Morgan fingerprint density at radius 2 is 1.89 bits per heavy atom. The first kappa shape index (κ1) is 20.3. The van der Waals surface area contributed by atoms with Crippen molar-refractivity contribution in [3.63, 3.8) is 0 Å². The normalized spacial score (nSPS) is 11.2. The highest BCUT2D eigenvalue weighted by Crippen LogP contribution is 2.31. The first-order valence-electron chi connectivity index (χ1n) is 8.25. The van der Waals surface area contributed by atoms with E-state index in [1.165, 1.54) is 24.4 Å². The lowest BCUT2D eigenvalue weighted by Gasteiger charge is -2.14. The molecule has 1 aromatic carbocycles. The van der Waals surface area contributed by atoms with Gasteiger partial charge in [0.2, 0.25) is 5.82 Å². The highest BCUT2D eigenvalue weighted by molar-refractivity contribution is 7.92. The number of benzene rings is 1. The second-order valence-corrected chi connectivity index (χ2v) is 8.11. The fourth-order valence-electron chi connectivity index (χ4n) is 2.25. The van der Waals surface area contributed by atoms with Crippen molar-refractivity contribution in [3.8, 4) is 5.88 Å². The molecule has 28 heavy (non-hydrogen) atoms. The van der Waals surface area contributed by atoms with Gasteiger partial charge in [0.05, 0.1) is 21.9 Å². The van der Waals surface area contributed by atoms with E-state index >= 15 is 0 Å². The van der Waals surface area contributed by atoms with Gasteiger partial charge in [-0.15, -0.1) is 0 Å². The van der Waals surface area contributed by atoms with Crippen LogP contribution in [0.5, 0.6) is 5.88 Å². The van der Waals surface area contributed by atoms with E-state index in [2.05, 4.69) is 19.7 Å². The number of aryl methyl sites for hydroxylation is 1. The molecule has 0 spiro atoms. The number of anilines is 1. The molecular formula is C18H16Cl2N4O3S. The van der Waals surface area contributed by atoms with E-state index in [-0.39, 0.29) is 33.2 Å². The number of aromatic nitrogens is 3. The quantitative estimate of drug-likeness (QED) is 0.595. The van der Waals surface area contributed by atoms with E-state index in [0.717, 1.165) is 5.56 Å². The van der Waals surface area contributed by atoms with Crippen molar-refractivity contribution in [3.05, 3.63) is 70.2 Å². The lowest BCUT2D eigenvalue weighted by Crippen LogP contribution is -2.16. The van der Waals surface area contributed by atoms with Gasteiger partial charge in [0.15, 0.2) is 0 Å². The second-order valence-electron chi connectivity index (χ2n) is 5.67. The molecule has 1 N–H and O–H groups in total. The maximum Gasteiger partial charge on any atom is 0.264 e. The molecule has 0 aliphatic carbocycles. The predicted molar refractivity (Wildman–Crippen MR) is 107 cm³/mol. The number of rotatable bonds is 7. The van der Waals surface area contributed by atoms with Crippen LogP contribution in [0.4, 0.5) is 5.82 Å². The van der Waals surface area contributed by atoms with Crippen LogP contribution < -0.4 is 9.46 Å². The van der Waals surface area contributed by atoms with Crippen molar-refractivity contribution in [2.24, 2.45) is 0 Å². The summed E-state index contributed by atoms with van der Waals surface area (Å²) in [6, 6.07) is 7.92. The zero-order valence-electron chi connectivity index (χ0n) is 14.8. The molecule has 0 radical (unpaired) electrons. The Labute approximate surface area is 172 Å². The molecule has 3 aromatic rings. The molecule has 0 saturated heterocycles. The van der Waals surface area contributed by atoms with Crippen LogP contribution in [-0.2, 0) is 23.1 Å². The Kier molecular flexibility index (Phi) is 6.33. The maximum atomic E-state index is 12.8. The molecule has 7 nitrogen and oxygen atoms in total. The van der Waals surface area contributed by atoms with E-state index in [4.69, 9.17) is 27.9 Å². The topological polar surface area (TPSA) is 94.1 Å². The van der Waals surface area contributed by atoms with Crippen LogP contribution in [0.25, 0.3) is 0 Å². The summed E-state index contributed by atoms with van der Waals surface area (Å²) >= 11 is 12.0. The van der Waals surface area contributed by atoms with Gasteiger partial charge in [-0.05, 0) is 36.2 Å². The number of halogens is 2. The van der Waals surface area contributed by atoms with Gasteiger partial charge < -0.3 is 4.74 Å². The van der Waals surface area contributed by atoms with Gasteiger partial charge in [-0.1, -0.05) is 36.2 Å². The molecule has 0 fully saturated rings. The highest BCUT2D eigenvalue weighted by Gasteiger charge is 2.23. The largest absolute Gasteiger partial charge is 0.470 e.